The highest BCUT2D eigenvalue weighted by Gasteiger charge is 2.41. The van der Waals surface area contributed by atoms with Gasteiger partial charge in [0.05, 0.1) is 0 Å². The van der Waals surface area contributed by atoms with E-state index in [4.69, 9.17) is 0 Å². The lowest BCUT2D eigenvalue weighted by Crippen LogP contribution is -2.36. The Morgan fingerprint density at radius 1 is 0.833 bits per heavy atom. The largest absolute Gasteiger partial charge is 0.100 e. The van der Waals surface area contributed by atoms with Crippen molar-refractivity contribution in [3.63, 3.8) is 0 Å². The first-order chi connectivity index (χ1) is 11.5. The zero-order chi connectivity index (χ0) is 17.2. The highest BCUT2D eigenvalue weighted by molar-refractivity contribution is 4.95. The molecule has 138 valence electrons. The van der Waals surface area contributed by atoms with Gasteiger partial charge in [-0.3, -0.25) is 0 Å². The molecule has 0 spiro atoms. The maximum atomic E-state index is 4.13. The van der Waals surface area contributed by atoms with Crippen molar-refractivity contribution in [1.82, 2.24) is 0 Å². The van der Waals surface area contributed by atoms with Crippen LogP contribution in [0.5, 0.6) is 0 Å². The Hall–Kier alpha value is -0.260. The Bertz CT molecular complexity index is 396. The number of rotatable bonds is 4. The normalized spacial score (nSPS) is 44.2. The maximum absolute atomic E-state index is 4.13. The summed E-state index contributed by atoms with van der Waals surface area (Å²) in [7, 11) is 0. The van der Waals surface area contributed by atoms with Gasteiger partial charge in [0.1, 0.15) is 0 Å². The Balaban J connectivity index is 1.46. The summed E-state index contributed by atoms with van der Waals surface area (Å²) in [4.78, 5) is 0. The monoisotopic (exact) mass is 330 g/mol. The van der Waals surface area contributed by atoms with Gasteiger partial charge in [-0.15, -0.1) is 6.58 Å². The third-order valence-corrected chi connectivity index (χ3v) is 8.37. The van der Waals surface area contributed by atoms with Gasteiger partial charge in [-0.1, -0.05) is 32.3 Å². The van der Waals surface area contributed by atoms with E-state index in [1.54, 1.807) is 12.8 Å². The van der Waals surface area contributed by atoms with E-state index >= 15 is 0 Å². The minimum Gasteiger partial charge on any atom is -0.100 e. The lowest BCUT2D eigenvalue weighted by molar-refractivity contribution is 0.0354. The van der Waals surface area contributed by atoms with Crippen LogP contribution < -0.4 is 0 Å². The highest BCUT2D eigenvalue weighted by Crippen LogP contribution is 2.52. The predicted octanol–water partition coefficient (Wildman–Crippen LogP) is 7.78. The van der Waals surface area contributed by atoms with Crippen molar-refractivity contribution in [2.24, 2.45) is 35.0 Å². The third-order valence-electron chi connectivity index (χ3n) is 8.37. The summed E-state index contributed by atoms with van der Waals surface area (Å²) < 4.78 is 0. The summed E-state index contributed by atoms with van der Waals surface area (Å²) in [5, 5.41) is 0. The van der Waals surface area contributed by atoms with Gasteiger partial charge in [-0.2, -0.15) is 0 Å². The standard InChI is InChI=1S/C24H42/c1-18(2)17-20-7-11-23(12-8-20)24(4)15-13-22(14-16-24)21-9-5-19(3)6-10-21/h19-23H,1,5-17H2,2-4H3. The molecule has 0 nitrogen and oxygen atoms in total. The van der Waals surface area contributed by atoms with Gasteiger partial charge in [0.2, 0.25) is 0 Å². The van der Waals surface area contributed by atoms with Gasteiger partial charge in [0.15, 0.2) is 0 Å². The zero-order valence-corrected chi connectivity index (χ0v) is 16.8. The maximum Gasteiger partial charge on any atom is -0.0297 e. The lowest BCUT2D eigenvalue weighted by atomic mass is 9.58. The predicted molar refractivity (Wildman–Crippen MR) is 106 cm³/mol. The summed E-state index contributed by atoms with van der Waals surface area (Å²) >= 11 is 0. The van der Waals surface area contributed by atoms with Crippen molar-refractivity contribution in [3.05, 3.63) is 12.2 Å². The molecular weight excluding hydrogens is 288 g/mol. The van der Waals surface area contributed by atoms with Gasteiger partial charge >= 0.3 is 0 Å². The summed E-state index contributed by atoms with van der Waals surface area (Å²) in [6.07, 6.45) is 19.4. The quantitative estimate of drug-likeness (QED) is 0.461. The molecule has 0 aromatic rings. The van der Waals surface area contributed by atoms with Crippen molar-refractivity contribution in [1.29, 1.82) is 0 Å². The van der Waals surface area contributed by atoms with Crippen LogP contribution in [0.3, 0.4) is 0 Å². The van der Waals surface area contributed by atoms with Crippen LogP contribution in [0.2, 0.25) is 0 Å². The molecule has 3 aliphatic carbocycles. The molecule has 3 fully saturated rings. The molecule has 0 aromatic carbocycles. The van der Waals surface area contributed by atoms with Crippen LogP contribution in [0.15, 0.2) is 12.2 Å². The van der Waals surface area contributed by atoms with Crippen LogP contribution in [0.25, 0.3) is 0 Å². The van der Waals surface area contributed by atoms with Crippen LogP contribution in [-0.2, 0) is 0 Å². The van der Waals surface area contributed by atoms with Gasteiger partial charge in [0.25, 0.3) is 0 Å². The molecule has 0 heteroatoms. The third kappa shape index (κ3) is 4.47. The first-order valence-electron chi connectivity index (χ1n) is 11.1. The average molecular weight is 331 g/mol. The van der Waals surface area contributed by atoms with Crippen molar-refractivity contribution >= 4 is 0 Å². The van der Waals surface area contributed by atoms with Gasteiger partial charge < -0.3 is 0 Å². The Kier molecular flexibility index (Phi) is 6.15. The van der Waals surface area contributed by atoms with Crippen molar-refractivity contribution in [2.45, 2.75) is 104 Å². The van der Waals surface area contributed by atoms with E-state index in [9.17, 15) is 0 Å². The second-order valence-electron chi connectivity index (χ2n) is 10.4. The Morgan fingerprint density at radius 2 is 1.38 bits per heavy atom. The van der Waals surface area contributed by atoms with E-state index in [-0.39, 0.29) is 0 Å². The van der Waals surface area contributed by atoms with Crippen LogP contribution >= 0.6 is 0 Å². The van der Waals surface area contributed by atoms with E-state index < -0.39 is 0 Å². The van der Waals surface area contributed by atoms with Crippen LogP contribution in [0.4, 0.5) is 0 Å². The van der Waals surface area contributed by atoms with Crippen LogP contribution in [-0.4, -0.2) is 0 Å². The summed E-state index contributed by atoms with van der Waals surface area (Å²) in [5.41, 5.74) is 2.07. The smallest absolute Gasteiger partial charge is 0.0297 e. The van der Waals surface area contributed by atoms with E-state index in [2.05, 4.69) is 27.4 Å². The van der Waals surface area contributed by atoms with Crippen molar-refractivity contribution in [3.8, 4) is 0 Å². The average Bonchev–Trinajstić information content (AvgIpc) is 2.56. The summed E-state index contributed by atoms with van der Waals surface area (Å²) in [5.74, 6) is 5.13. The topological polar surface area (TPSA) is 0 Å². The minimum absolute atomic E-state index is 0.673. The van der Waals surface area contributed by atoms with Gasteiger partial charge in [-0.25, -0.2) is 0 Å². The molecule has 0 N–H and O–H groups in total. The SMILES string of the molecule is C=C(C)CC1CCC(C2(C)CCC(C3CCC(C)CC3)CC2)CC1. The molecule has 0 unspecified atom stereocenters. The van der Waals surface area contributed by atoms with E-state index in [0.29, 0.717) is 5.41 Å². The molecule has 0 radical (unpaired) electrons. The van der Waals surface area contributed by atoms with Crippen molar-refractivity contribution < 1.29 is 0 Å². The summed E-state index contributed by atoms with van der Waals surface area (Å²) in [6.45, 7) is 11.4. The molecule has 0 bridgehead atoms. The van der Waals surface area contributed by atoms with Gasteiger partial charge in [-0.05, 0) is 113 Å². The zero-order valence-electron chi connectivity index (χ0n) is 16.8. The molecule has 0 heterocycles. The highest BCUT2D eigenvalue weighted by atomic mass is 14.5. The van der Waals surface area contributed by atoms with E-state index in [1.807, 2.05) is 0 Å². The molecule has 0 atom stereocenters. The van der Waals surface area contributed by atoms with Crippen LogP contribution in [0, 0.1) is 35.0 Å². The number of hydrogen-bond acceptors (Lipinski definition) is 0. The number of hydrogen-bond donors (Lipinski definition) is 0. The molecular formula is C24H42. The van der Waals surface area contributed by atoms with E-state index in [0.717, 1.165) is 29.6 Å². The Morgan fingerprint density at radius 3 is 1.92 bits per heavy atom. The summed E-state index contributed by atoms with van der Waals surface area (Å²) in [6, 6.07) is 0. The fraction of sp³-hybridized carbons (Fsp3) is 0.917. The lowest BCUT2D eigenvalue weighted by Gasteiger charge is -2.48. The Labute approximate surface area is 151 Å². The molecule has 0 amide bonds. The van der Waals surface area contributed by atoms with E-state index in [1.165, 1.54) is 76.2 Å². The van der Waals surface area contributed by atoms with Crippen molar-refractivity contribution in [2.75, 3.05) is 0 Å². The first kappa shape index (κ1) is 18.5. The first-order valence-corrected chi connectivity index (χ1v) is 11.1. The molecule has 3 saturated carbocycles. The molecule has 3 rings (SSSR count). The fourth-order valence-corrected chi connectivity index (χ4v) is 6.49. The van der Waals surface area contributed by atoms with Gasteiger partial charge in [0, 0.05) is 0 Å². The van der Waals surface area contributed by atoms with Crippen LogP contribution in [0.1, 0.15) is 104 Å². The molecule has 3 aliphatic rings. The second kappa shape index (κ2) is 7.96. The molecule has 0 aromatic heterocycles. The second-order valence-corrected chi connectivity index (χ2v) is 10.4. The minimum atomic E-state index is 0.673. The molecule has 0 saturated heterocycles. The fourth-order valence-electron chi connectivity index (χ4n) is 6.49. The molecule has 24 heavy (non-hydrogen) atoms. The molecule has 0 aliphatic heterocycles. The number of allylic oxidation sites excluding steroid dienone is 1.